The number of fused-ring (bicyclic) bond motifs is 1. The van der Waals surface area contributed by atoms with Crippen LogP contribution in [-0.2, 0) is 9.53 Å². The third kappa shape index (κ3) is 4.68. The third-order valence-corrected chi connectivity index (χ3v) is 6.23. The van der Waals surface area contributed by atoms with Crippen LogP contribution in [0.4, 0.5) is 0 Å². The van der Waals surface area contributed by atoms with E-state index in [-0.39, 0.29) is 18.1 Å². The normalized spacial score (nSPS) is 18.9. The Kier molecular flexibility index (Phi) is 6.98. The predicted octanol–water partition coefficient (Wildman–Crippen LogP) is 5.85. The van der Waals surface area contributed by atoms with E-state index in [1.54, 1.807) is 19.4 Å². The number of hydrogen-bond donors (Lipinski definition) is 0. The third-order valence-electron chi connectivity index (χ3n) is 6.23. The lowest BCUT2D eigenvalue weighted by Crippen LogP contribution is -2.47. The van der Waals surface area contributed by atoms with Crippen LogP contribution in [0.25, 0.3) is 27.7 Å². The van der Waals surface area contributed by atoms with Crippen LogP contribution >= 0.6 is 0 Å². The Hall–Kier alpha value is -3.25. The van der Waals surface area contributed by atoms with Crippen LogP contribution in [0, 0.1) is 6.92 Å². The first-order valence-corrected chi connectivity index (χ1v) is 11.8. The Morgan fingerprint density at radius 3 is 2.47 bits per heavy atom. The zero-order valence-corrected chi connectivity index (χ0v) is 20.8. The maximum Gasteiger partial charge on any atom is 0.247 e. The minimum absolute atomic E-state index is 0.0118. The van der Waals surface area contributed by atoms with Gasteiger partial charge in [-0.1, -0.05) is 12.1 Å². The van der Waals surface area contributed by atoms with Crippen LogP contribution in [0.2, 0.25) is 0 Å². The van der Waals surface area contributed by atoms with E-state index in [1.807, 2.05) is 63.8 Å². The van der Waals surface area contributed by atoms with E-state index in [0.29, 0.717) is 19.7 Å². The summed E-state index contributed by atoms with van der Waals surface area (Å²) in [5.74, 6) is 1.54. The van der Waals surface area contributed by atoms with Crippen molar-refractivity contribution in [2.45, 2.75) is 46.8 Å². The number of carbonyl (C=O) groups is 1. The number of methoxy groups -OCH3 is 1. The summed E-state index contributed by atoms with van der Waals surface area (Å²) in [7, 11) is 1.65. The molecule has 0 N–H and O–H groups in total. The van der Waals surface area contributed by atoms with Gasteiger partial charge in [-0.3, -0.25) is 4.79 Å². The number of rotatable bonds is 6. The molecule has 0 bridgehead atoms. The molecular weight excluding hydrogens is 430 g/mol. The van der Waals surface area contributed by atoms with E-state index < -0.39 is 0 Å². The second-order valence-corrected chi connectivity index (χ2v) is 8.89. The van der Waals surface area contributed by atoms with Gasteiger partial charge in [0.05, 0.1) is 32.2 Å². The van der Waals surface area contributed by atoms with Crippen LogP contribution in [0.15, 0.2) is 47.1 Å². The summed E-state index contributed by atoms with van der Waals surface area (Å²) in [4.78, 5) is 15.0. The van der Waals surface area contributed by atoms with Crippen LogP contribution in [-0.4, -0.2) is 49.8 Å². The summed E-state index contributed by atoms with van der Waals surface area (Å²) in [6.45, 7) is 11.6. The zero-order valence-electron chi connectivity index (χ0n) is 20.8. The van der Waals surface area contributed by atoms with Crippen molar-refractivity contribution >= 4 is 22.4 Å². The fourth-order valence-electron chi connectivity index (χ4n) is 4.65. The lowest BCUT2D eigenvalue weighted by Gasteiger charge is -2.34. The number of carbonyl (C=O) groups excluding carboxylic acids is 1. The molecule has 1 fully saturated rings. The van der Waals surface area contributed by atoms with E-state index in [0.717, 1.165) is 50.3 Å². The number of morpholine rings is 1. The molecule has 2 unspecified atom stereocenters. The zero-order chi connectivity index (χ0) is 24.4. The van der Waals surface area contributed by atoms with E-state index in [4.69, 9.17) is 18.6 Å². The summed E-state index contributed by atoms with van der Waals surface area (Å²) in [5.41, 5.74) is 5.47. The van der Waals surface area contributed by atoms with Gasteiger partial charge >= 0.3 is 0 Å². The molecule has 1 aliphatic heterocycles. The highest BCUT2D eigenvalue weighted by Crippen LogP contribution is 2.41. The van der Waals surface area contributed by atoms with E-state index >= 15 is 0 Å². The summed E-state index contributed by atoms with van der Waals surface area (Å²) < 4.78 is 23.1. The Balaban J connectivity index is 1.77. The van der Waals surface area contributed by atoms with Crippen molar-refractivity contribution in [1.82, 2.24) is 4.90 Å². The molecule has 0 spiro atoms. The first kappa shape index (κ1) is 23.9. The van der Waals surface area contributed by atoms with Gasteiger partial charge in [0.1, 0.15) is 17.1 Å². The largest absolute Gasteiger partial charge is 0.497 e. The number of furan rings is 1. The Bertz CT molecular complexity index is 1200. The van der Waals surface area contributed by atoms with Gasteiger partial charge in [0.2, 0.25) is 5.91 Å². The van der Waals surface area contributed by atoms with E-state index in [9.17, 15) is 4.79 Å². The number of nitrogens with zero attached hydrogens (tertiary/aromatic N) is 1. The number of allylic oxidation sites excluding steroid dienone is 1. The smallest absolute Gasteiger partial charge is 0.247 e. The van der Waals surface area contributed by atoms with Crippen molar-refractivity contribution < 1.29 is 23.4 Å². The molecule has 1 amide bonds. The molecule has 1 aromatic heterocycles. The van der Waals surface area contributed by atoms with Crippen LogP contribution in [0.3, 0.4) is 0 Å². The predicted molar refractivity (Wildman–Crippen MR) is 134 cm³/mol. The van der Waals surface area contributed by atoms with Crippen molar-refractivity contribution in [3.8, 4) is 22.6 Å². The van der Waals surface area contributed by atoms with Gasteiger partial charge < -0.3 is 23.5 Å². The summed E-state index contributed by atoms with van der Waals surface area (Å²) >= 11 is 0. The second kappa shape index (κ2) is 9.94. The monoisotopic (exact) mass is 463 g/mol. The topological polar surface area (TPSA) is 61.1 Å². The lowest BCUT2D eigenvalue weighted by molar-refractivity contribution is -0.137. The molecular formula is C28H33NO5. The SMILES string of the molecule is CCOc1c(/C(C)=C/C(=O)N2CC(C)OC(C)C2)cc2c(-c3ccc(OC)cc3)coc2c1C. The molecule has 180 valence electrons. The van der Waals surface area contributed by atoms with Crippen molar-refractivity contribution in [2.75, 3.05) is 26.8 Å². The van der Waals surface area contributed by atoms with Crippen molar-refractivity contribution in [1.29, 1.82) is 0 Å². The highest BCUT2D eigenvalue weighted by molar-refractivity contribution is 6.01. The summed E-state index contributed by atoms with van der Waals surface area (Å²) in [5, 5.41) is 0.981. The maximum absolute atomic E-state index is 13.1. The molecule has 1 aliphatic rings. The molecule has 0 saturated carbocycles. The van der Waals surface area contributed by atoms with Crippen molar-refractivity contribution in [3.05, 3.63) is 53.8 Å². The van der Waals surface area contributed by atoms with Crippen LogP contribution in [0.5, 0.6) is 11.5 Å². The number of hydrogen-bond acceptors (Lipinski definition) is 5. The van der Waals surface area contributed by atoms with E-state index in [1.165, 1.54) is 0 Å². The standard InChI is InChI=1S/C28H33NO5/c1-7-32-27-20(5)28-24(25(16-33-28)21-8-10-22(31-6)11-9-21)13-23(27)17(2)12-26(30)29-14-18(3)34-19(4)15-29/h8-13,16,18-19H,7,14-15H2,1-6H3/b17-12+. The number of amides is 1. The minimum atomic E-state index is -0.0118. The molecule has 2 heterocycles. The molecule has 3 aromatic rings. The van der Waals surface area contributed by atoms with Crippen molar-refractivity contribution in [3.63, 3.8) is 0 Å². The Labute approximate surface area is 201 Å². The molecule has 4 rings (SSSR count). The molecule has 0 aliphatic carbocycles. The van der Waals surface area contributed by atoms with E-state index in [2.05, 4.69) is 6.07 Å². The molecule has 6 nitrogen and oxygen atoms in total. The van der Waals surface area contributed by atoms with Gasteiger partial charge in [-0.15, -0.1) is 0 Å². The number of ether oxygens (including phenoxy) is 3. The fraction of sp³-hybridized carbons (Fsp3) is 0.393. The Morgan fingerprint density at radius 1 is 1.18 bits per heavy atom. The molecule has 2 atom stereocenters. The summed E-state index contributed by atoms with van der Waals surface area (Å²) in [6.07, 6.45) is 3.54. The first-order valence-electron chi connectivity index (χ1n) is 11.8. The van der Waals surface area contributed by atoms with Crippen LogP contribution in [0.1, 0.15) is 38.8 Å². The van der Waals surface area contributed by atoms with Crippen molar-refractivity contribution in [2.24, 2.45) is 0 Å². The quantitative estimate of drug-likeness (QED) is 0.429. The molecule has 1 saturated heterocycles. The van der Waals surface area contributed by atoms with Crippen LogP contribution < -0.4 is 9.47 Å². The van der Waals surface area contributed by atoms with Gasteiger partial charge in [-0.05, 0) is 64.0 Å². The molecule has 34 heavy (non-hydrogen) atoms. The first-order chi connectivity index (χ1) is 16.3. The number of aryl methyl sites for hydroxylation is 1. The lowest BCUT2D eigenvalue weighted by atomic mass is 9.96. The highest BCUT2D eigenvalue weighted by Gasteiger charge is 2.25. The fourth-order valence-corrected chi connectivity index (χ4v) is 4.65. The number of benzene rings is 2. The average molecular weight is 464 g/mol. The Morgan fingerprint density at radius 2 is 1.85 bits per heavy atom. The van der Waals surface area contributed by atoms with Gasteiger partial charge in [-0.2, -0.15) is 0 Å². The second-order valence-electron chi connectivity index (χ2n) is 8.89. The molecule has 6 heteroatoms. The maximum atomic E-state index is 13.1. The highest BCUT2D eigenvalue weighted by atomic mass is 16.5. The van der Waals surface area contributed by atoms with Gasteiger partial charge in [0, 0.05) is 41.2 Å². The van der Waals surface area contributed by atoms with Gasteiger partial charge in [-0.25, -0.2) is 0 Å². The molecule has 2 aromatic carbocycles. The summed E-state index contributed by atoms with van der Waals surface area (Å²) in [6, 6.07) is 9.97. The van der Waals surface area contributed by atoms with Gasteiger partial charge in [0.25, 0.3) is 0 Å². The molecule has 0 radical (unpaired) electrons. The van der Waals surface area contributed by atoms with Gasteiger partial charge in [0.15, 0.2) is 0 Å². The average Bonchev–Trinajstić information content (AvgIpc) is 3.24. The minimum Gasteiger partial charge on any atom is -0.497 e.